The molecule has 22 heavy (non-hydrogen) atoms. The van der Waals surface area contributed by atoms with Gasteiger partial charge in [-0.15, -0.1) is 0 Å². The largest absolute Gasteiger partial charge is 0.391 e. The summed E-state index contributed by atoms with van der Waals surface area (Å²) in [5.74, 6) is 0.0569. The summed E-state index contributed by atoms with van der Waals surface area (Å²) in [6.45, 7) is 3.02. The summed E-state index contributed by atoms with van der Waals surface area (Å²) in [5.41, 5.74) is 1.23. The number of amides is 1. The highest BCUT2D eigenvalue weighted by Crippen LogP contribution is 2.34. The van der Waals surface area contributed by atoms with Gasteiger partial charge in [0.15, 0.2) is 0 Å². The van der Waals surface area contributed by atoms with Gasteiger partial charge in [0, 0.05) is 13.1 Å². The monoisotopic (exact) mass is 295 g/mol. The molecule has 114 valence electrons. The van der Waals surface area contributed by atoms with Crippen molar-refractivity contribution >= 4 is 5.91 Å². The number of nitrogens with zero attached hydrogens (tertiary/aromatic N) is 1. The molecule has 0 saturated carbocycles. The van der Waals surface area contributed by atoms with Crippen molar-refractivity contribution in [3.05, 3.63) is 71.8 Å². The second kappa shape index (κ2) is 5.93. The Hall–Kier alpha value is -2.13. The Balaban J connectivity index is 2.06. The third-order valence-corrected chi connectivity index (χ3v) is 4.58. The normalized spacial score (nSPS) is 18.5. The first-order chi connectivity index (χ1) is 10.6. The Labute approximate surface area is 131 Å². The zero-order valence-electron chi connectivity index (χ0n) is 12.8. The van der Waals surface area contributed by atoms with Gasteiger partial charge in [0.2, 0.25) is 5.91 Å². The molecule has 3 nitrogen and oxygen atoms in total. The summed E-state index contributed by atoms with van der Waals surface area (Å²) in [5, 5.41) is 9.76. The predicted molar refractivity (Wildman–Crippen MR) is 86.5 cm³/mol. The van der Waals surface area contributed by atoms with E-state index in [0.29, 0.717) is 19.5 Å². The van der Waals surface area contributed by atoms with Crippen LogP contribution in [0.4, 0.5) is 0 Å². The van der Waals surface area contributed by atoms with Crippen LogP contribution in [0.15, 0.2) is 60.7 Å². The van der Waals surface area contributed by atoms with Crippen molar-refractivity contribution in [2.75, 3.05) is 13.1 Å². The van der Waals surface area contributed by atoms with E-state index in [2.05, 4.69) is 0 Å². The lowest BCUT2D eigenvalue weighted by Gasteiger charge is -2.33. The first-order valence-electron chi connectivity index (χ1n) is 7.71. The molecule has 0 radical (unpaired) electrons. The summed E-state index contributed by atoms with van der Waals surface area (Å²) >= 11 is 0. The number of aliphatic hydroxyl groups is 1. The van der Waals surface area contributed by atoms with Crippen molar-refractivity contribution in [3.8, 4) is 0 Å². The average molecular weight is 295 g/mol. The molecule has 1 aliphatic rings. The van der Waals surface area contributed by atoms with E-state index < -0.39 is 11.5 Å². The van der Waals surface area contributed by atoms with Gasteiger partial charge in [-0.3, -0.25) is 4.79 Å². The van der Waals surface area contributed by atoms with Gasteiger partial charge in [0.25, 0.3) is 0 Å². The molecule has 0 aliphatic carbocycles. The van der Waals surface area contributed by atoms with Gasteiger partial charge < -0.3 is 10.0 Å². The molecule has 2 aromatic carbocycles. The Morgan fingerprint density at radius 1 is 1.05 bits per heavy atom. The fourth-order valence-corrected chi connectivity index (χ4v) is 3.20. The minimum atomic E-state index is -0.730. The van der Waals surface area contributed by atoms with Crippen molar-refractivity contribution < 1.29 is 9.90 Å². The summed E-state index contributed by atoms with van der Waals surface area (Å²) < 4.78 is 0. The summed E-state index contributed by atoms with van der Waals surface area (Å²) in [4.78, 5) is 15.0. The fraction of sp³-hybridized carbons (Fsp3) is 0.316. The van der Waals surface area contributed by atoms with Gasteiger partial charge >= 0.3 is 0 Å². The third kappa shape index (κ3) is 2.53. The molecule has 0 aromatic heterocycles. The molecule has 1 saturated heterocycles. The predicted octanol–water partition coefficient (Wildman–Crippen LogP) is 2.59. The minimum Gasteiger partial charge on any atom is -0.391 e. The number of hydrogen-bond acceptors (Lipinski definition) is 2. The van der Waals surface area contributed by atoms with Crippen LogP contribution in [-0.2, 0) is 10.2 Å². The zero-order valence-corrected chi connectivity index (χ0v) is 12.8. The highest BCUT2D eigenvalue weighted by Gasteiger charge is 2.41. The lowest BCUT2D eigenvalue weighted by Crippen LogP contribution is -2.45. The van der Waals surface area contributed by atoms with Gasteiger partial charge in [-0.05, 0) is 24.5 Å². The molecule has 3 heteroatoms. The molecule has 3 rings (SSSR count). The average Bonchev–Trinajstić information content (AvgIpc) is 3.01. The van der Waals surface area contributed by atoms with Gasteiger partial charge in [-0.25, -0.2) is 0 Å². The lowest BCUT2D eigenvalue weighted by atomic mass is 9.75. The summed E-state index contributed by atoms with van der Waals surface area (Å²) in [7, 11) is 0. The first-order valence-corrected chi connectivity index (χ1v) is 7.71. The van der Waals surface area contributed by atoms with Crippen molar-refractivity contribution in [1.82, 2.24) is 4.90 Å². The highest BCUT2D eigenvalue weighted by atomic mass is 16.3. The second-order valence-electron chi connectivity index (χ2n) is 6.05. The van der Waals surface area contributed by atoms with E-state index in [1.807, 2.05) is 67.6 Å². The number of β-amino-alcohol motifs (C(OH)–C–C–N with tert-alkyl or cyclic N) is 1. The highest BCUT2D eigenvalue weighted by molar-refractivity contribution is 5.92. The molecule has 1 amide bonds. The SMILES string of the molecule is CC(C(=O)N1CC[C@@H](O)C1)(c1ccccc1)c1ccccc1. The van der Waals surface area contributed by atoms with Crippen LogP contribution >= 0.6 is 0 Å². The number of rotatable bonds is 3. The van der Waals surface area contributed by atoms with E-state index in [4.69, 9.17) is 0 Å². The van der Waals surface area contributed by atoms with Crippen LogP contribution < -0.4 is 0 Å². The Morgan fingerprint density at radius 3 is 1.95 bits per heavy atom. The molecule has 0 spiro atoms. The molecule has 1 aliphatic heterocycles. The maximum absolute atomic E-state index is 13.2. The third-order valence-electron chi connectivity index (χ3n) is 4.58. The molecule has 1 heterocycles. The number of hydrogen-bond donors (Lipinski definition) is 1. The van der Waals surface area contributed by atoms with Crippen LogP contribution in [0.3, 0.4) is 0 Å². The minimum absolute atomic E-state index is 0.0569. The van der Waals surface area contributed by atoms with Crippen LogP contribution in [0.1, 0.15) is 24.5 Å². The maximum atomic E-state index is 13.2. The van der Waals surface area contributed by atoms with Crippen LogP contribution in [0.2, 0.25) is 0 Å². The number of aliphatic hydroxyl groups excluding tert-OH is 1. The van der Waals surface area contributed by atoms with Gasteiger partial charge in [-0.1, -0.05) is 60.7 Å². The van der Waals surface area contributed by atoms with Crippen LogP contribution in [0.5, 0.6) is 0 Å². The van der Waals surface area contributed by atoms with Crippen LogP contribution in [0.25, 0.3) is 0 Å². The first kappa shape index (κ1) is 14.8. The molecule has 1 N–H and O–H groups in total. The van der Waals surface area contributed by atoms with Gasteiger partial charge in [-0.2, -0.15) is 0 Å². The van der Waals surface area contributed by atoms with E-state index in [9.17, 15) is 9.90 Å². The Bertz CT molecular complexity index is 599. The number of carbonyl (C=O) groups is 1. The molecule has 2 aromatic rings. The topological polar surface area (TPSA) is 40.5 Å². The Morgan fingerprint density at radius 2 is 1.55 bits per heavy atom. The summed E-state index contributed by atoms with van der Waals surface area (Å²) in [6, 6.07) is 19.7. The van der Waals surface area contributed by atoms with E-state index in [1.165, 1.54) is 0 Å². The molecule has 0 unspecified atom stereocenters. The van der Waals surface area contributed by atoms with Crippen molar-refractivity contribution in [1.29, 1.82) is 0 Å². The lowest BCUT2D eigenvalue weighted by molar-refractivity contribution is -0.134. The Kier molecular flexibility index (Phi) is 3.99. The van der Waals surface area contributed by atoms with Crippen LogP contribution in [0, 0.1) is 0 Å². The standard InChI is InChI=1S/C19H21NO2/c1-19(15-8-4-2-5-9-15,16-10-6-3-7-11-16)18(22)20-13-12-17(21)14-20/h2-11,17,21H,12-14H2,1H3/t17-/m1/s1. The molecular formula is C19H21NO2. The van der Waals surface area contributed by atoms with E-state index >= 15 is 0 Å². The molecule has 1 fully saturated rings. The number of carbonyl (C=O) groups excluding carboxylic acids is 1. The quantitative estimate of drug-likeness (QED) is 0.945. The van der Waals surface area contributed by atoms with Crippen LogP contribution in [-0.4, -0.2) is 35.1 Å². The fourth-order valence-electron chi connectivity index (χ4n) is 3.20. The van der Waals surface area contributed by atoms with Crippen molar-refractivity contribution in [3.63, 3.8) is 0 Å². The molecule has 0 bridgehead atoms. The molecular weight excluding hydrogens is 274 g/mol. The maximum Gasteiger partial charge on any atom is 0.237 e. The van der Waals surface area contributed by atoms with E-state index in [1.54, 1.807) is 4.90 Å². The number of likely N-dealkylation sites (tertiary alicyclic amines) is 1. The van der Waals surface area contributed by atoms with Crippen molar-refractivity contribution in [2.45, 2.75) is 24.9 Å². The van der Waals surface area contributed by atoms with E-state index in [-0.39, 0.29) is 5.91 Å². The zero-order chi connectivity index (χ0) is 15.6. The smallest absolute Gasteiger partial charge is 0.237 e. The molecule has 1 atom stereocenters. The van der Waals surface area contributed by atoms with Gasteiger partial charge in [0.1, 0.15) is 0 Å². The summed E-state index contributed by atoms with van der Waals surface area (Å²) in [6.07, 6.45) is 0.255. The number of benzene rings is 2. The van der Waals surface area contributed by atoms with Gasteiger partial charge in [0.05, 0.1) is 11.5 Å². The second-order valence-corrected chi connectivity index (χ2v) is 6.05. The van der Waals surface area contributed by atoms with E-state index in [0.717, 1.165) is 11.1 Å². The van der Waals surface area contributed by atoms with Crippen molar-refractivity contribution in [2.24, 2.45) is 0 Å².